The van der Waals surface area contributed by atoms with Gasteiger partial charge in [0.2, 0.25) is 22.7 Å². The molecule has 2 heterocycles. The third kappa shape index (κ3) is 4.46. The van der Waals surface area contributed by atoms with Crippen molar-refractivity contribution in [3.8, 4) is 11.5 Å². The summed E-state index contributed by atoms with van der Waals surface area (Å²) in [6, 6.07) is 5.30. The lowest BCUT2D eigenvalue weighted by Crippen LogP contribution is -2.51. The van der Waals surface area contributed by atoms with Gasteiger partial charge in [-0.15, -0.1) is 0 Å². The Hall–Kier alpha value is -1.84. The van der Waals surface area contributed by atoms with E-state index in [1.807, 2.05) is 0 Å². The van der Waals surface area contributed by atoms with Crippen LogP contribution in [0.15, 0.2) is 18.2 Å². The Morgan fingerprint density at radius 2 is 1.85 bits per heavy atom. The van der Waals surface area contributed by atoms with Gasteiger partial charge in [-0.05, 0) is 24.2 Å². The van der Waals surface area contributed by atoms with Crippen molar-refractivity contribution in [3.05, 3.63) is 23.8 Å². The Bertz CT molecular complexity index is 760. The van der Waals surface area contributed by atoms with Crippen LogP contribution in [0.2, 0.25) is 0 Å². The number of sulfonamides is 1. The molecule has 26 heavy (non-hydrogen) atoms. The van der Waals surface area contributed by atoms with Crippen molar-refractivity contribution in [2.45, 2.75) is 13.5 Å². The van der Waals surface area contributed by atoms with Crippen LogP contribution in [0.25, 0.3) is 0 Å². The van der Waals surface area contributed by atoms with Crippen molar-refractivity contribution < 1.29 is 22.7 Å². The van der Waals surface area contributed by atoms with E-state index in [1.165, 1.54) is 4.31 Å². The molecule has 3 rings (SSSR count). The number of carbonyl (C=O) groups excluding carboxylic acids is 1. The van der Waals surface area contributed by atoms with Crippen molar-refractivity contribution in [1.29, 1.82) is 0 Å². The second-order valence-electron chi connectivity index (χ2n) is 6.53. The second kappa shape index (κ2) is 7.81. The first-order chi connectivity index (χ1) is 12.4. The molecule has 144 valence electrons. The van der Waals surface area contributed by atoms with E-state index in [1.54, 1.807) is 23.1 Å². The van der Waals surface area contributed by atoms with Gasteiger partial charge in [0.15, 0.2) is 11.5 Å². The molecule has 0 spiro atoms. The molecule has 1 fully saturated rings. The first-order valence-corrected chi connectivity index (χ1v) is 10.6. The fourth-order valence-corrected chi connectivity index (χ4v) is 3.83. The SMILES string of the molecule is CCN1CCN(C(=O)CN(Cc2ccc3c(c2)OCO3)S(C)(=O)=O)CC1. The summed E-state index contributed by atoms with van der Waals surface area (Å²) < 4.78 is 36.2. The molecule has 9 heteroatoms. The molecule has 1 aromatic rings. The van der Waals surface area contributed by atoms with Crippen molar-refractivity contribution >= 4 is 15.9 Å². The monoisotopic (exact) mass is 383 g/mol. The number of piperazine rings is 1. The summed E-state index contributed by atoms with van der Waals surface area (Å²) in [5.74, 6) is 1.08. The number of hydrogen-bond acceptors (Lipinski definition) is 6. The first kappa shape index (κ1) is 18.9. The molecule has 1 saturated heterocycles. The van der Waals surface area contributed by atoms with E-state index >= 15 is 0 Å². The average Bonchev–Trinajstić information content (AvgIpc) is 3.08. The maximum atomic E-state index is 12.6. The van der Waals surface area contributed by atoms with Crippen LogP contribution in [0, 0.1) is 0 Å². The standard InChI is InChI=1S/C17H25N3O5S/c1-3-18-6-8-19(9-7-18)17(21)12-20(26(2,22)23)11-14-4-5-15-16(10-14)25-13-24-15/h4-5,10H,3,6-9,11-13H2,1-2H3. The van der Waals surface area contributed by atoms with Crippen LogP contribution >= 0.6 is 0 Å². The minimum atomic E-state index is -3.52. The van der Waals surface area contributed by atoms with E-state index in [0.29, 0.717) is 24.6 Å². The van der Waals surface area contributed by atoms with Crippen molar-refractivity contribution in [3.63, 3.8) is 0 Å². The number of fused-ring (bicyclic) bond motifs is 1. The zero-order chi connectivity index (χ0) is 18.7. The molecule has 0 unspecified atom stereocenters. The van der Waals surface area contributed by atoms with E-state index in [2.05, 4.69) is 11.8 Å². The number of hydrogen-bond donors (Lipinski definition) is 0. The highest BCUT2D eigenvalue weighted by atomic mass is 32.2. The summed E-state index contributed by atoms with van der Waals surface area (Å²) in [7, 11) is -3.52. The van der Waals surface area contributed by atoms with Gasteiger partial charge in [0.1, 0.15) is 0 Å². The topological polar surface area (TPSA) is 79.4 Å². The minimum Gasteiger partial charge on any atom is -0.454 e. The molecule has 8 nitrogen and oxygen atoms in total. The third-order valence-electron chi connectivity index (χ3n) is 4.75. The van der Waals surface area contributed by atoms with Crippen LogP contribution in [0.5, 0.6) is 11.5 Å². The lowest BCUT2D eigenvalue weighted by Gasteiger charge is -2.35. The number of likely N-dealkylation sites (N-methyl/N-ethyl adjacent to an activating group) is 1. The van der Waals surface area contributed by atoms with E-state index in [0.717, 1.165) is 31.5 Å². The van der Waals surface area contributed by atoms with Gasteiger partial charge in [0.05, 0.1) is 12.8 Å². The van der Waals surface area contributed by atoms with Gasteiger partial charge in [-0.25, -0.2) is 8.42 Å². The van der Waals surface area contributed by atoms with Gasteiger partial charge in [-0.2, -0.15) is 4.31 Å². The van der Waals surface area contributed by atoms with Gasteiger partial charge >= 0.3 is 0 Å². The quantitative estimate of drug-likeness (QED) is 0.705. The zero-order valence-corrected chi connectivity index (χ0v) is 16.0. The molecular weight excluding hydrogens is 358 g/mol. The maximum Gasteiger partial charge on any atom is 0.237 e. The normalized spacial score (nSPS) is 17.7. The Morgan fingerprint density at radius 1 is 1.15 bits per heavy atom. The largest absolute Gasteiger partial charge is 0.454 e. The number of amides is 1. The lowest BCUT2D eigenvalue weighted by atomic mass is 10.2. The summed E-state index contributed by atoms with van der Waals surface area (Å²) in [6.45, 7) is 6.09. The van der Waals surface area contributed by atoms with E-state index in [9.17, 15) is 13.2 Å². The Morgan fingerprint density at radius 3 is 2.50 bits per heavy atom. The number of benzene rings is 1. The van der Waals surface area contributed by atoms with Gasteiger partial charge in [0.25, 0.3) is 0 Å². The number of ether oxygens (including phenoxy) is 2. The molecule has 0 aliphatic carbocycles. The average molecular weight is 383 g/mol. The molecule has 0 radical (unpaired) electrons. The zero-order valence-electron chi connectivity index (χ0n) is 15.2. The molecule has 2 aliphatic heterocycles. The van der Waals surface area contributed by atoms with Crippen LogP contribution in [0.3, 0.4) is 0 Å². The Balaban J connectivity index is 1.66. The maximum absolute atomic E-state index is 12.6. The van der Waals surface area contributed by atoms with Crippen LogP contribution in [0.1, 0.15) is 12.5 Å². The highest BCUT2D eigenvalue weighted by molar-refractivity contribution is 7.88. The van der Waals surface area contributed by atoms with Crippen LogP contribution < -0.4 is 9.47 Å². The molecule has 1 aromatic carbocycles. The van der Waals surface area contributed by atoms with Gasteiger partial charge < -0.3 is 19.3 Å². The first-order valence-electron chi connectivity index (χ1n) is 8.70. The lowest BCUT2D eigenvalue weighted by molar-refractivity contribution is -0.133. The van der Waals surface area contributed by atoms with Crippen molar-refractivity contribution in [2.24, 2.45) is 0 Å². The third-order valence-corrected chi connectivity index (χ3v) is 5.94. The summed E-state index contributed by atoms with van der Waals surface area (Å²) in [5.41, 5.74) is 0.753. The number of nitrogens with zero attached hydrogens (tertiary/aromatic N) is 3. The fraction of sp³-hybridized carbons (Fsp3) is 0.588. The fourth-order valence-electron chi connectivity index (χ4n) is 3.10. The van der Waals surface area contributed by atoms with E-state index in [-0.39, 0.29) is 25.8 Å². The van der Waals surface area contributed by atoms with Gasteiger partial charge in [0, 0.05) is 32.7 Å². The molecule has 0 N–H and O–H groups in total. The molecule has 0 aromatic heterocycles. The Labute approximate surface area is 154 Å². The summed E-state index contributed by atoms with van der Waals surface area (Å²) in [4.78, 5) is 16.6. The Kier molecular flexibility index (Phi) is 5.69. The summed E-state index contributed by atoms with van der Waals surface area (Å²) in [5, 5.41) is 0. The van der Waals surface area contributed by atoms with Crippen molar-refractivity contribution in [1.82, 2.24) is 14.1 Å². The molecule has 0 atom stereocenters. The van der Waals surface area contributed by atoms with Crippen LogP contribution in [-0.2, 0) is 21.4 Å². The number of rotatable bonds is 6. The predicted octanol–water partition coefficient (Wildman–Crippen LogP) is 0.341. The van der Waals surface area contributed by atoms with Gasteiger partial charge in [-0.1, -0.05) is 13.0 Å². The second-order valence-corrected chi connectivity index (χ2v) is 8.52. The highest BCUT2D eigenvalue weighted by Crippen LogP contribution is 2.32. The molecule has 0 bridgehead atoms. The molecule has 2 aliphatic rings. The molecule has 1 amide bonds. The molecule has 0 saturated carbocycles. The van der Waals surface area contributed by atoms with Crippen LogP contribution in [-0.4, -0.2) is 80.7 Å². The number of carbonyl (C=O) groups is 1. The van der Waals surface area contributed by atoms with Gasteiger partial charge in [-0.3, -0.25) is 4.79 Å². The highest BCUT2D eigenvalue weighted by Gasteiger charge is 2.26. The summed E-state index contributed by atoms with van der Waals surface area (Å²) >= 11 is 0. The van der Waals surface area contributed by atoms with E-state index in [4.69, 9.17) is 9.47 Å². The van der Waals surface area contributed by atoms with Crippen molar-refractivity contribution in [2.75, 3.05) is 52.3 Å². The predicted molar refractivity (Wildman–Crippen MR) is 96.5 cm³/mol. The smallest absolute Gasteiger partial charge is 0.237 e. The van der Waals surface area contributed by atoms with Crippen LogP contribution in [0.4, 0.5) is 0 Å². The molecular formula is C17H25N3O5S. The van der Waals surface area contributed by atoms with E-state index < -0.39 is 10.0 Å². The minimum absolute atomic E-state index is 0.121. The summed E-state index contributed by atoms with van der Waals surface area (Å²) in [6.07, 6.45) is 1.13.